The van der Waals surface area contributed by atoms with Crippen LogP contribution in [0.15, 0.2) is 17.2 Å². The van der Waals surface area contributed by atoms with Crippen molar-refractivity contribution in [3.63, 3.8) is 0 Å². The predicted octanol–water partition coefficient (Wildman–Crippen LogP) is 3.60. The minimum atomic E-state index is 0.403. The topological polar surface area (TPSA) is 58.0 Å². The molecule has 0 N–H and O–H groups in total. The van der Waals surface area contributed by atoms with Crippen LogP contribution in [0, 0.1) is 6.92 Å². The van der Waals surface area contributed by atoms with Gasteiger partial charge < -0.3 is 4.74 Å². The van der Waals surface area contributed by atoms with Crippen LogP contribution in [-0.2, 0) is 0 Å². The van der Waals surface area contributed by atoms with Crippen LogP contribution in [-0.4, -0.2) is 7.11 Å². The molecule has 1 rings (SSSR count). The molecule has 0 atom stereocenters. The first-order valence-electron chi connectivity index (χ1n) is 3.58. The lowest BCUT2D eigenvalue weighted by Crippen LogP contribution is -1.85. The Balaban J connectivity index is 3.32. The summed E-state index contributed by atoms with van der Waals surface area (Å²) in [7, 11) is 1.51. The van der Waals surface area contributed by atoms with Crippen molar-refractivity contribution < 1.29 is 4.74 Å². The lowest BCUT2D eigenvalue weighted by Gasteiger charge is -2.06. The van der Waals surface area contributed by atoms with Gasteiger partial charge in [-0.2, -0.15) is 0 Å². The van der Waals surface area contributed by atoms with E-state index in [0.717, 1.165) is 5.56 Å². The van der Waals surface area contributed by atoms with Gasteiger partial charge in [-0.15, -0.1) is 0 Å². The summed E-state index contributed by atoms with van der Waals surface area (Å²) < 4.78 is 5.01. The Bertz CT molecular complexity index is 372. The number of halogens is 1. The van der Waals surface area contributed by atoms with Gasteiger partial charge in [0, 0.05) is 9.93 Å². The van der Waals surface area contributed by atoms with Crippen LogP contribution >= 0.6 is 11.6 Å². The lowest BCUT2D eigenvalue weighted by molar-refractivity contribution is 0.416. The molecule has 0 aliphatic carbocycles. The number of hydrogen-bond acceptors (Lipinski definition) is 2. The maximum atomic E-state index is 8.26. The van der Waals surface area contributed by atoms with Crippen molar-refractivity contribution in [2.75, 3.05) is 7.11 Å². The summed E-state index contributed by atoms with van der Waals surface area (Å²) in [6, 6.07) is 3.31. The molecule has 68 valence electrons. The van der Waals surface area contributed by atoms with E-state index in [1.165, 1.54) is 7.11 Å². The summed E-state index contributed by atoms with van der Waals surface area (Å²) in [5.41, 5.74) is 9.55. The number of ether oxygens (including phenoxy) is 1. The number of benzene rings is 1. The maximum Gasteiger partial charge on any atom is 0.128 e. The van der Waals surface area contributed by atoms with E-state index < -0.39 is 0 Å². The van der Waals surface area contributed by atoms with Crippen molar-refractivity contribution in [3.05, 3.63) is 33.2 Å². The summed E-state index contributed by atoms with van der Waals surface area (Å²) in [5, 5.41) is 4.01. The normalized spacial score (nSPS) is 9.15. The largest absolute Gasteiger partial charge is 0.496 e. The van der Waals surface area contributed by atoms with Crippen LogP contribution in [0.5, 0.6) is 5.75 Å². The van der Waals surface area contributed by atoms with E-state index in [4.69, 9.17) is 21.9 Å². The highest BCUT2D eigenvalue weighted by Gasteiger charge is 2.04. The summed E-state index contributed by atoms with van der Waals surface area (Å²) >= 11 is 5.84. The number of azide groups is 1. The van der Waals surface area contributed by atoms with E-state index in [1.807, 2.05) is 6.92 Å². The second-order valence-electron chi connectivity index (χ2n) is 2.46. The van der Waals surface area contributed by atoms with Crippen LogP contribution in [0.3, 0.4) is 0 Å². The first-order valence-corrected chi connectivity index (χ1v) is 3.96. The van der Waals surface area contributed by atoms with Crippen molar-refractivity contribution in [2.45, 2.75) is 6.92 Å². The van der Waals surface area contributed by atoms with Crippen molar-refractivity contribution >= 4 is 17.3 Å². The SMILES string of the molecule is COc1cc(C)c(Cl)cc1N=[N+]=[N-]. The van der Waals surface area contributed by atoms with Crippen LogP contribution in [0.1, 0.15) is 5.56 Å². The lowest BCUT2D eigenvalue weighted by atomic mass is 10.2. The van der Waals surface area contributed by atoms with E-state index in [1.54, 1.807) is 12.1 Å². The molecular weight excluding hydrogens is 190 g/mol. The highest BCUT2D eigenvalue weighted by atomic mass is 35.5. The molecule has 0 aliphatic heterocycles. The van der Waals surface area contributed by atoms with Crippen LogP contribution in [0.25, 0.3) is 10.4 Å². The third-order valence-electron chi connectivity index (χ3n) is 1.61. The molecule has 0 aliphatic rings. The Morgan fingerprint density at radius 2 is 2.23 bits per heavy atom. The minimum Gasteiger partial charge on any atom is -0.496 e. The number of rotatable bonds is 2. The van der Waals surface area contributed by atoms with Crippen molar-refractivity contribution in [1.29, 1.82) is 0 Å². The molecule has 1 aromatic carbocycles. The van der Waals surface area contributed by atoms with Crippen LogP contribution in [0.4, 0.5) is 5.69 Å². The number of methoxy groups -OCH3 is 1. The zero-order valence-corrected chi connectivity index (χ0v) is 8.04. The maximum absolute atomic E-state index is 8.26. The molecule has 0 aromatic heterocycles. The molecule has 0 fully saturated rings. The fourth-order valence-electron chi connectivity index (χ4n) is 0.934. The zero-order chi connectivity index (χ0) is 9.84. The van der Waals surface area contributed by atoms with Gasteiger partial charge in [-0.1, -0.05) is 16.7 Å². The molecule has 13 heavy (non-hydrogen) atoms. The minimum absolute atomic E-state index is 0.403. The predicted molar refractivity (Wildman–Crippen MR) is 51.5 cm³/mol. The van der Waals surface area contributed by atoms with Gasteiger partial charge in [-0.05, 0) is 30.2 Å². The van der Waals surface area contributed by atoms with E-state index >= 15 is 0 Å². The second-order valence-corrected chi connectivity index (χ2v) is 2.87. The molecule has 0 unspecified atom stereocenters. The van der Waals surface area contributed by atoms with Gasteiger partial charge in [0.25, 0.3) is 0 Å². The number of aryl methyl sites for hydroxylation is 1. The first-order chi connectivity index (χ1) is 6.19. The molecule has 0 spiro atoms. The first kappa shape index (κ1) is 9.71. The standard InChI is InChI=1S/C8H8ClN3O/c1-5-3-8(13-2)7(11-12-10)4-6(5)9/h3-4H,1-2H3. The van der Waals surface area contributed by atoms with Gasteiger partial charge in [0.15, 0.2) is 0 Å². The Morgan fingerprint density at radius 3 is 2.77 bits per heavy atom. The van der Waals surface area contributed by atoms with E-state index in [9.17, 15) is 0 Å². The fourth-order valence-corrected chi connectivity index (χ4v) is 1.09. The van der Waals surface area contributed by atoms with E-state index in [2.05, 4.69) is 10.0 Å². The third-order valence-corrected chi connectivity index (χ3v) is 2.02. The molecule has 0 bridgehead atoms. The van der Waals surface area contributed by atoms with Crippen molar-refractivity contribution in [3.8, 4) is 5.75 Å². The van der Waals surface area contributed by atoms with Gasteiger partial charge in [-0.3, -0.25) is 0 Å². The molecule has 4 nitrogen and oxygen atoms in total. The van der Waals surface area contributed by atoms with Crippen LogP contribution < -0.4 is 4.74 Å². The zero-order valence-electron chi connectivity index (χ0n) is 7.28. The van der Waals surface area contributed by atoms with Gasteiger partial charge in [-0.25, -0.2) is 0 Å². The Morgan fingerprint density at radius 1 is 1.54 bits per heavy atom. The van der Waals surface area contributed by atoms with Gasteiger partial charge in [0.2, 0.25) is 0 Å². The van der Waals surface area contributed by atoms with Gasteiger partial charge in [0.1, 0.15) is 5.75 Å². The molecule has 5 heteroatoms. The summed E-state index contributed by atoms with van der Waals surface area (Å²) in [4.78, 5) is 2.67. The monoisotopic (exact) mass is 197 g/mol. The number of hydrogen-bond donors (Lipinski definition) is 0. The average Bonchev–Trinajstić information content (AvgIpc) is 2.11. The van der Waals surface area contributed by atoms with Gasteiger partial charge in [0.05, 0.1) is 12.8 Å². The number of nitrogens with zero attached hydrogens (tertiary/aromatic N) is 3. The molecule has 0 saturated heterocycles. The van der Waals surface area contributed by atoms with E-state index in [-0.39, 0.29) is 0 Å². The summed E-state index contributed by atoms with van der Waals surface area (Å²) in [6.45, 7) is 1.85. The Kier molecular flexibility index (Phi) is 3.01. The molecule has 0 radical (unpaired) electrons. The molecule has 0 heterocycles. The third kappa shape index (κ3) is 2.05. The molecular formula is C8H8ClN3O. The fraction of sp³-hybridized carbons (Fsp3) is 0.250. The molecule has 1 aromatic rings. The van der Waals surface area contributed by atoms with Crippen molar-refractivity contribution in [1.82, 2.24) is 0 Å². The molecule has 0 amide bonds. The Labute approximate surface area is 80.7 Å². The summed E-state index contributed by atoms with van der Waals surface area (Å²) in [6.07, 6.45) is 0. The average molecular weight is 198 g/mol. The van der Waals surface area contributed by atoms with Crippen molar-refractivity contribution in [2.24, 2.45) is 5.11 Å². The quantitative estimate of drug-likeness (QED) is 0.406. The highest BCUT2D eigenvalue weighted by molar-refractivity contribution is 6.31. The van der Waals surface area contributed by atoms with E-state index in [0.29, 0.717) is 16.5 Å². The smallest absolute Gasteiger partial charge is 0.128 e. The Hall–Kier alpha value is -1.38. The van der Waals surface area contributed by atoms with Crippen LogP contribution in [0.2, 0.25) is 5.02 Å². The highest BCUT2D eigenvalue weighted by Crippen LogP contribution is 2.32. The molecule has 0 saturated carbocycles. The second kappa shape index (κ2) is 4.03. The van der Waals surface area contributed by atoms with Gasteiger partial charge >= 0.3 is 0 Å². The summed E-state index contributed by atoms with van der Waals surface area (Å²) in [5.74, 6) is 0.528.